The summed E-state index contributed by atoms with van der Waals surface area (Å²) in [5.41, 5.74) is 0.904. The molecule has 0 bridgehead atoms. The van der Waals surface area contributed by atoms with Gasteiger partial charge in [-0.3, -0.25) is 9.59 Å². The molecular weight excluding hydrogens is 314 g/mol. The van der Waals surface area contributed by atoms with Crippen molar-refractivity contribution in [2.24, 2.45) is 7.05 Å². The second-order valence-electron chi connectivity index (χ2n) is 5.51. The van der Waals surface area contributed by atoms with Gasteiger partial charge in [-0.1, -0.05) is 0 Å². The van der Waals surface area contributed by atoms with Gasteiger partial charge in [0.25, 0.3) is 11.5 Å². The fraction of sp³-hybridized carbons (Fsp3) is 0.500. The van der Waals surface area contributed by atoms with E-state index in [1.165, 1.54) is 10.9 Å². The van der Waals surface area contributed by atoms with Gasteiger partial charge in [-0.05, 0) is 6.42 Å². The maximum Gasteiger partial charge on any atom is 0.273 e. The largest absolute Gasteiger partial charge is 0.374 e. The second kappa shape index (κ2) is 7.21. The molecule has 0 aromatic carbocycles. The molecule has 0 aliphatic carbocycles. The lowest BCUT2D eigenvalue weighted by Crippen LogP contribution is -2.44. The summed E-state index contributed by atoms with van der Waals surface area (Å²) < 4.78 is 7.02. The molecule has 0 radical (unpaired) electrons. The van der Waals surface area contributed by atoms with E-state index in [0.29, 0.717) is 32.7 Å². The smallest absolute Gasteiger partial charge is 0.273 e. The molecule has 24 heavy (non-hydrogen) atoms. The lowest BCUT2D eigenvalue weighted by atomic mass is 10.2. The number of H-pyrrole nitrogens is 1. The van der Waals surface area contributed by atoms with E-state index in [1.54, 1.807) is 19.3 Å². The summed E-state index contributed by atoms with van der Waals surface area (Å²) in [5.74, 6) is -0.271. The zero-order chi connectivity index (χ0) is 16.9. The number of aryl methyl sites for hydroxylation is 1. The van der Waals surface area contributed by atoms with E-state index in [-0.39, 0.29) is 23.3 Å². The van der Waals surface area contributed by atoms with Gasteiger partial charge in [0.15, 0.2) is 5.69 Å². The van der Waals surface area contributed by atoms with Gasteiger partial charge in [-0.25, -0.2) is 4.68 Å². The SMILES string of the molecule is Cn1ncc(N2CCO[C@@H](CCNC(=O)c3cn[nH]n3)C2)cc1=O. The maximum atomic E-state index is 11.8. The van der Waals surface area contributed by atoms with Crippen LogP contribution in [0.1, 0.15) is 16.9 Å². The Morgan fingerprint density at radius 1 is 1.50 bits per heavy atom. The number of nitrogens with one attached hydrogen (secondary N) is 2. The fourth-order valence-corrected chi connectivity index (χ4v) is 2.51. The van der Waals surface area contributed by atoms with E-state index in [0.717, 1.165) is 5.69 Å². The first kappa shape index (κ1) is 16.1. The highest BCUT2D eigenvalue weighted by Crippen LogP contribution is 2.16. The van der Waals surface area contributed by atoms with Crippen LogP contribution in [0.4, 0.5) is 5.69 Å². The Labute approximate surface area is 137 Å². The summed E-state index contributed by atoms with van der Waals surface area (Å²) in [6.45, 7) is 2.39. The zero-order valence-electron chi connectivity index (χ0n) is 13.3. The van der Waals surface area contributed by atoms with E-state index in [1.807, 2.05) is 0 Å². The number of morpholine rings is 1. The molecule has 1 atom stereocenters. The number of amides is 1. The van der Waals surface area contributed by atoms with Crippen LogP contribution in [0.5, 0.6) is 0 Å². The van der Waals surface area contributed by atoms with Gasteiger partial charge in [-0.2, -0.15) is 20.5 Å². The Morgan fingerprint density at radius 2 is 2.38 bits per heavy atom. The summed E-state index contributed by atoms with van der Waals surface area (Å²) in [6.07, 6.45) is 3.69. The number of hydrogen-bond acceptors (Lipinski definition) is 7. The topological polar surface area (TPSA) is 118 Å². The second-order valence-corrected chi connectivity index (χ2v) is 5.51. The molecule has 0 unspecified atom stereocenters. The molecule has 10 heteroatoms. The number of aromatic amines is 1. The number of carbonyl (C=O) groups is 1. The van der Waals surface area contributed by atoms with Gasteiger partial charge in [0, 0.05) is 32.7 Å². The van der Waals surface area contributed by atoms with E-state index in [4.69, 9.17) is 4.74 Å². The van der Waals surface area contributed by atoms with Gasteiger partial charge >= 0.3 is 0 Å². The first-order chi connectivity index (χ1) is 11.6. The monoisotopic (exact) mass is 333 g/mol. The standard InChI is InChI=1S/C14H19N7O3/c1-20-13(22)6-10(7-17-20)21-4-5-24-11(9-21)2-3-15-14(23)12-8-16-19-18-12/h6-8,11H,2-5,9H2,1H3,(H,15,23)(H,16,18,19)/t11-/m0/s1. The Balaban J connectivity index is 1.51. The molecule has 1 fully saturated rings. The van der Waals surface area contributed by atoms with Gasteiger partial charge < -0.3 is 15.0 Å². The number of carbonyl (C=O) groups excluding carboxylic acids is 1. The fourth-order valence-electron chi connectivity index (χ4n) is 2.51. The molecule has 3 rings (SSSR count). The van der Waals surface area contributed by atoms with Gasteiger partial charge in [0.05, 0.1) is 30.8 Å². The number of aromatic nitrogens is 5. The van der Waals surface area contributed by atoms with E-state index in [2.05, 4.69) is 30.7 Å². The van der Waals surface area contributed by atoms with Crippen molar-refractivity contribution in [3.05, 3.63) is 34.5 Å². The van der Waals surface area contributed by atoms with Crippen molar-refractivity contribution in [1.82, 2.24) is 30.5 Å². The number of ether oxygens (including phenoxy) is 1. The molecule has 2 N–H and O–H groups in total. The Bertz CT molecular complexity index is 743. The van der Waals surface area contributed by atoms with Crippen LogP contribution >= 0.6 is 0 Å². The van der Waals surface area contributed by atoms with Crippen LogP contribution in [0.3, 0.4) is 0 Å². The Morgan fingerprint density at radius 3 is 3.12 bits per heavy atom. The maximum absolute atomic E-state index is 11.8. The number of rotatable bonds is 5. The minimum Gasteiger partial charge on any atom is -0.374 e. The molecule has 2 aromatic rings. The van der Waals surface area contributed by atoms with Crippen LogP contribution in [-0.4, -0.2) is 63.4 Å². The zero-order valence-corrected chi connectivity index (χ0v) is 13.3. The average molecular weight is 333 g/mol. The summed E-state index contributed by atoms with van der Waals surface area (Å²) in [4.78, 5) is 25.5. The Hall–Kier alpha value is -2.75. The molecule has 1 saturated heterocycles. The predicted molar refractivity (Wildman–Crippen MR) is 84.8 cm³/mol. The van der Waals surface area contributed by atoms with E-state index >= 15 is 0 Å². The lowest BCUT2D eigenvalue weighted by molar-refractivity contribution is 0.0353. The minimum absolute atomic E-state index is 0.0274. The first-order valence-electron chi connectivity index (χ1n) is 7.67. The third kappa shape index (κ3) is 3.77. The summed E-state index contributed by atoms with van der Waals surface area (Å²) in [7, 11) is 1.62. The van der Waals surface area contributed by atoms with Crippen LogP contribution in [0.2, 0.25) is 0 Å². The highest BCUT2D eigenvalue weighted by atomic mass is 16.5. The molecule has 1 aliphatic heterocycles. The number of hydrogen-bond donors (Lipinski definition) is 2. The van der Waals surface area contributed by atoms with Gasteiger partial charge in [0.1, 0.15) is 0 Å². The molecule has 0 spiro atoms. The lowest BCUT2D eigenvalue weighted by Gasteiger charge is -2.34. The summed E-state index contributed by atoms with van der Waals surface area (Å²) >= 11 is 0. The predicted octanol–water partition coefficient (Wildman–Crippen LogP) is -1.08. The van der Waals surface area contributed by atoms with Crippen LogP contribution in [-0.2, 0) is 11.8 Å². The summed E-state index contributed by atoms with van der Waals surface area (Å²) in [5, 5.41) is 16.5. The molecule has 10 nitrogen and oxygen atoms in total. The van der Waals surface area contributed by atoms with Gasteiger partial charge in [-0.15, -0.1) is 0 Å². The third-order valence-corrected chi connectivity index (χ3v) is 3.86. The van der Waals surface area contributed by atoms with Crippen LogP contribution in [0.25, 0.3) is 0 Å². The molecular formula is C14H19N7O3. The number of anilines is 1. The molecule has 128 valence electrons. The minimum atomic E-state index is -0.271. The van der Waals surface area contributed by atoms with Crippen molar-refractivity contribution in [2.45, 2.75) is 12.5 Å². The molecule has 1 amide bonds. The van der Waals surface area contributed by atoms with Crippen molar-refractivity contribution < 1.29 is 9.53 Å². The van der Waals surface area contributed by atoms with Crippen molar-refractivity contribution >= 4 is 11.6 Å². The molecule has 2 aromatic heterocycles. The average Bonchev–Trinajstić information content (AvgIpc) is 3.12. The molecule has 0 saturated carbocycles. The van der Waals surface area contributed by atoms with Crippen molar-refractivity contribution in [3.63, 3.8) is 0 Å². The van der Waals surface area contributed by atoms with Crippen molar-refractivity contribution in [2.75, 3.05) is 31.1 Å². The van der Waals surface area contributed by atoms with Crippen molar-refractivity contribution in [1.29, 1.82) is 0 Å². The summed E-state index contributed by atoms with van der Waals surface area (Å²) in [6, 6.07) is 1.57. The molecule has 3 heterocycles. The quantitative estimate of drug-likeness (QED) is 0.715. The Kier molecular flexibility index (Phi) is 4.85. The number of nitrogens with zero attached hydrogens (tertiary/aromatic N) is 5. The third-order valence-electron chi connectivity index (χ3n) is 3.86. The highest BCUT2D eigenvalue weighted by Gasteiger charge is 2.21. The van der Waals surface area contributed by atoms with Crippen LogP contribution < -0.4 is 15.8 Å². The van der Waals surface area contributed by atoms with E-state index < -0.39 is 0 Å². The van der Waals surface area contributed by atoms with Crippen molar-refractivity contribution in [3.8, 4) is 0 Å². The molecule has 1 aliphatic rings. The van der Waals surface area contributed by atoms with E-state index in [9.17, 15) is 9.59 Å². The highest BCUT2D eigenvalue weighted by molar-refractivity contribution is 5.91. The normalized spacial score (nSPS) is 17.7. The van der Waals surface area contributed by atoms with Crippen LogP contribution in [0, 0.1) is 0 Å². The van der Waals surface area contributed by atoms with Gasteiger partial charge in [0.2, 0.25) is 0 Å². The first-order valence-corrected chi connectivity index (χ1v) is 7.67. The van der Waals surface area contributed by atoms with Crippen LogP contribution in [0.15, 0.2) is 23.3 Å².